The van der Waals surface area contributed by atoms with Crippen molar-refractivity contribution >= 4 is 11.6 Å². The van der Waals surface area contributed by atoms with Gasteiger partial charge in [0.15, 0.2) is 0 Å². The first-order chi connectivity index (χ1) is 15.2. The molecular weight excluding hydrogens is 392 g/mol. The predicted molar refractivity (Wildman–Crippen MR) is 121 cm³/mol. The highest BCUT2D eigenvalue weighted by Gasteiger charge is 2.24. The molecule has 31 heavy (non-hydrogen) atoms. The summed E-state index contributed by atoms with van der Waals surface area (Å²) in [5, 5.41) is 3.54. The molecule has 1 aliphatic carbocycles. The Bertz CT molecular complexity index is 908. The molecule has 1 atom stereocenters. The quantitative estimate of drug-likeness (QED) is 0.774. The molecule has 0 bridgehead atoms. The largest absolute Gasteiger partial charge is 0.490 e. The molecule has 1 saturated heterocycles. The van der Waals surface area contributed by atoms with Crippen LogP contribution in [0.2, 0.25) is 0 Å². The Morgan fingerprint density at radius 2 is 2.00 bits per heavy atom. The van der Waals surface area contributed by atoms with E-state index < -0.39 is 0 Å². The van der Waals surface area contributed by atoms with Crippen LogP contribution in [0.3, 0.4) is 0 Å². The number of anilines is 2. The van der Waals surface area contributed by atoms with Crippen molar-refractivity contribution in [2.24, 2.45) is 5.92 Å². The molecule has 1 saturated carbocycles. The van der Waals surface area contributed by atoms with Crippen LogP contribution in [-0.4, -0.2) is 55.5 Å². The first kappa shape index (κ1) is 20.4. The Labute approximate surface area is 184 Å². The number of benzene rings is 1. The topological polar surface area (TPSA) is 68.7 Å². The molecule has 1 N–H and O–H groups in total. The van der Waals surface area contributed by atoms with E-state index in [0.717, 1.165) is 60.9 Å². The summed E-state index contributed by atoms with van der Waals surface area (Å²) in [6.45, 7) is 5.25. The van der Waals surface area contributed by atoms with Gasteiger partial charge in [0, 0.05) is 25.7 Å². The van der Waals surface area contributed by atoms with Gasteiger partial charge < -0.3 is 24.4 Å². The zero-order chi connectivity index (χ0) is 21.2. The lowest BCUT2D eigenvalue weighted by Crippen LogP contribution is -2.28. The number of hydrogen-bond acceptors (Lipinski definition) is 7. The van der Waals surface area contributed by atoms with Crippen LogP contribution >= 0.6 is 0 Å². The first-order valence-corrected chi connectivity index (χ1v) is 11.5. The van der Waals surface area contributed by atoms with Crippen LogP contribution in [0.4, 0.5) is 11.6 Å². The minimum Gasteiger partial charge on any atom is -0.490 e. The molecule has 0 spiro atoms. The van der Waals surface area contributed by atoms with Gasteiger partial charge in [-0.1, -0.05) is 13.0 Å². The number of aromatic nitrogens is 2. The lowest BCUT2D eigenvalue weighted by atomic mass is 9.87. The van der Waals surface area contributed by atoms with Gasteiger partial charge in [0.05, 0.1) is 31.0 Å². The van der Waals surface area contributed by atoms with Crippen LogP contribution in [-0.2, 0) is 4.74 Å². The predicted octanol–water partition coefficient (Wildman–Crippen LogP) is 4.13. The second-order valence-corrected chi connectivity index (χ2v) is 9.07. The van der Waals surface area contributed by atoms with Crippen molar-refractivity contribution in [1.29, 1.82) is 0 Å². The fourth-order valence-corrected chi connectivity index (χ4v) is 4.60. The van der Waals surface area contributed by atoms with Gasteiger partial charge in [0.1, 0.15) is 18.5 Å². The Balaban J connectivity index is 1.43. The molecule has 5 rings (SSSR count). The summed E-state index contributed by atoms with van der Waals surface area (Å²) in [4.78, 5) is 11.7. The lowest BCUT2D eigenvalue weighted by Gasteiger charge is -2.28. The average Bonchev–Trinajstić information content (AvgIpc) is 3.29. The number of nitrogens with one attached hydrogen (secondary N) is 1. The summed E-state index contributed by atoms with van der Waals surface area (Å²) in [7, 11) is 2.09. The van der Waals surface area contributed by atoms with E-state index in [1.165, 1.54) is 12.8 Å². The van der Waals surface area contributed by atoms with Crippen LogP contribution in [0.5, 0.6) is 11.6 Å². The molecule has 3 heterocycles. The molecule has 2 fully saturated rings. The maximum atomic E-state index is 6.31. The first-order valence-electron chi connectivity index (χ1n) is 11.5. The maximum Gasteiger partial charge on any atom is 0.226 e. The van der Waals surface area contributed by atoms with Gasteiger partial charge in [-0.15, -0.1) is 0 Å². The Kier molecular flexibility index (Phi) is 5.85. The zero-order valence-electron chi connectivity index (χ0n) is 18.5. The van der Waals surface area contributed by atoms with Crippen LogP contribution in [0.25, 0.3) is 11.1 Å². The highest BCUT2D eigenvalue weighted by Crippen LogP contribution is 2.38. The van der Waals surface area contributed by atoms with Gasteiger partial charge in [0.2, 0.25) is 11.8 Å². The third-order valence-corrected chi connectivity index (χ3v) is 6.64. The van der Waals surface area contributed by atoms with Gasteiger partial charge in [-0.3, -0.25) is 0 Å². The highest BCUT2D eigenvalue weighted by molar-refractivity contribution is 5.74. The third kappa shape index (κ3) is 4.56. The van der Waals surface area contributed by atoms with Crippen LogP contribution in [0.15, 0.2) is 24.4 Å². The van der Waals surface area contributed by atoms with E-state index in [1.54, 1.807) is 0 Å². The van der Waals surface area contributed by atoms with Gasteiger partial charge >= 0.3 is 0 Å². The summed E-state index contributed by atoms with van der Waals surface area (Å²) in [6.07, 6.45) is 7.61. The van der Waals surface area contributed by atoms with E-state index in [2.05, 4.69) is 47.4 Å². The van der Waals surface area contributed by atoms with Crippen LogP contribution < -0.4 is 19.7 Å². The molecule has 166 valence electrons. The fourth-order valence-electron chi connectivity index (χ4n) is 4.60. The van der Waals surface area contributed by atoms with Gasteiger partial charge in [-0.2, -0.15) is 4.98 Å². The lowest BCUT2D eigenvalue weighted by molar-refractivity contribution is 0.138. The summed E-state index contributed by atoms with van der Waals surface area (Å²) >= 11 is 0. The third-order valence-electron chi connectivity index (χ3n) is 6.64. The number of hydrogen-bond donors (Lipinski definition) is 1. The smallest absolute Gasteiger partial charge is 0.226 e. The molecule has 0 radical (unpaired) electrons. The summed E-state index contributed by atoms with van der Waals surface area (Å²) in [6, 6.07) is 6.69. The van der Waals surface area contributed by atoms with Crippen molar-refractivity contribution in [3.63, 3.8) is 0 Å². The van der Waals surface area contributed by atoms with Gasteiger partial charge in [-0.25, -0.2) is 4.98 Å². The number of nitrogens with zero attached hydrogens (tertiary/aromatic N) is 3. The van der Waals surface area contributed by atoms with E-state index >= 15 is 0 Å². The van der Waals surface area contributed by atoms with Crippen LogP contribution in [0, 0.1) is 5.92 Å². The highest BCUT2D eigenvalue weighted by atomic mass is 16.5. The maximum absolute atomic E-state index is 6.31. The van der Waals surface area contributed by atoms with E-state index in [1.807, 2.05) is 6.20 Å². The minimum atomic E-state index is 0.0250. The van der Waals surface area contributed by atoms with E-state index in [0.29, 0.717) is 31.1 Å². The average molecular weight is 425 g/mol. The van der Waals surface area contributed by atoms with Crippen molar-refractivity contribution in [2.75, 3.05) is 43.6 Å². The Morgan fingerprint density at radius 1 is 1.13 bits per heavy atom. The zero-order valence-corrected chi connectivity index (χ0v) is 18.5. The normalized spacial score (nSPS) is 25.6. The fraction of sp³-hybridized carbons (Fsp3) is 0.583. The van der Waals surface area contributed by atoms with E-state index in [9.17, 15) is 0 Å². The molecule has 3 aliphatic rings. The molecule has 0 unspecified atom stereocenters. The van der Waals surface area contributed by atoms with Crippen molar-refractivity contribution in [3.8, 4) is 22.8 Å². The Hall–Kier alpha value is -2.54. The summed E-state index contributed by atoms with van der Waals surface area (Å²) < 4.78 is 17.7. The van der Waals surface area contributed by atoms with Crippen LogP contribution in [0.1, 0.15) is 39.0 Å². The number of fused-ring (bicyclic) bond motifs is 1. The van der Waals surface area contributed by atoms with E-state index in [-0.39, 0.29) is 6.10 Å². The number of rotatable bonds is 5. The molecule has 2 aromatic rings. The SMILES string of the molecule is CN1CCOc2cc(-c3cnc(N[C@H]4CC[C@H](C)CC4)nc3O[C@@H]3CCOC3)ccc21. The van der Waals surface area contributed by atoms with Crippen molar-refractivity contribution in [2.45, 2.75) is 51.2 Å². The molecule has 2 aliphatic heterocycles. The monoisotopic (exact) mass is 424 g/mol. The van der Waals surface area contributed by atoms with Gasteiger partial charge in [-0.05, 0) is 49.3 Å². The number of ether oxygens (including phenoxy) is 3. The van der Waals surface area contributed by atoms with Crippen molar-refractivity contribution < 1.29 is 14.2 Å². The van der Waals surface area contributed by atoms with Crippen molar-refractivity contribution in [1.82, 2.24) is 9.97 Å². The standard InChI is InChI=1S/C24H32N4O3/c1-16-3-6-18(7-4-16)26-24-25-14-20(23(27-24)31-19-9-11-29-15-19)17-5-8-21-22(13-17)30-12-10-28(21)2/h5,8,13-14,16,18-19H,3-4,6-7,9-12,15H2,1-2H3,(H,25,26,27)/t16-,18-,19-/m1/s1. The molecule has 1 aromatic heterocycles. The molecule has 0 amide bonds. The molecular formula is C24H32N4O3. The number of likely N-dealkylation sites (N-methyl/N-ethyl adjacent to an activating group) is 1. The molecule has 7 heteroatoms. The molecule has 7 nitrogen and oxygen atoms in total. The second-order valence-electron chi connectivity index (χ2n) is 9.07. The molecule has 1 aromatic carbocycles. The van der Waals surface area contributed by atoms with Gasteiger partial charge in [0.25, 0.3) is 0 Å². The minimum absolute atomic E-state index is 0.0250. The summed E-state index contributed by atoms with van der Waals surface area (Å²) in [5.41, 5.74) is 2.99. The summed E-state index contributed by atoms with van der Waals surface area (Å²) in [5.74, 6) is 2.96. The van der Waals surface area contributed by atoms with Crippen molar-refractivity contribution in [3.05, 3.63) is 24.4 Å². The second kappa shape index (κ2) is 8.91. The Morgan fingerprint density at radius 3 is 2.81 bits per heavy atom. The van der Waals surface area contributed by atoms with E-state index in [4.69, 9.17) is 19.2 Å².